The zero-order chi connectivity index (χ0) is 18.5. The average Bonchev–Trinajstić information content (AvgIpc) is 2.66. The van der Waals surface area contributed by atoms with Gasteiger partial charge in [0.05, 0.1) is 30.0 Å². The molecule has 0 aliphatic heterocycles. The quantitative estimate of drug-likeness (QED) is 0.632. The van der Waals surface area contributed by atoms with Gasteiger partial charge in [-0.2, -0.15) is 0 Å². The molecule has 0 bridgehead atoms. The molecule has 26 heavy (non-hydrogen) atoms. The average molecular weight is 347 g/mol. The number of methoxy groups -OCH3 is 2. The zero-order valence-electron chi connectivity index (χ0n) is 15.4. The molecule has 132 valence electrons. The molecule has 4 rings (SSSR count). The Morgan fingerprint density at radius 2 is 1.73 bits per heavy atom. The lowest BCUT2D eigenvalue weighted by atomic mass is 9.68. The van der Waals surface area contributed by atoms with Crippen molar-refractivity contribution in [3.05, 3.63) is 65.2 Å². The summed E-state index contributed by atoms with van der Waals surface area (Å²) in [5, 5.41) is 0.787. The number of ether oxygens (including phenoxy) is 2. The van der Waals surface area contributed by atoms with Crippen LogP contribution in [0.2, 0.25) is 0 Å². The second kappa shape index (κ2) is 5.92. The van der Waals surface area contributed by atoms with Gasteiger partial charge in [-0.3, -0.25) is 0 Å². The van der Waals surface area contributed by atoms with E-state index in [1.54, 1.807) is 7.11 Å². The number of carbonyl (C=O) groups excluding carboxylic acids is 1. The fourth-order valence-electron chi connectivity index (χ4n) is 4.18. The maximum atomic E-state index is 12.8. The summed E-state index contributed by atoms with van der Waals surface area (Å²) in [5.74, 6) is -0.364. The number of pyridine rings is 1. The van der Waals surface area contributed by atoms with Crippen molar-refractivity contribution in [2.45, 2.75) is 25.4 Å². The van der Waals surface area contributed by atoms with Crippen molar-refractivity contribution in [2.75, 3.05) is 14.2 Å². The van der Waals surface area contributed by atoms with E-state index in [-0.39, 0.29) is 17.5 Å². The van der Waals surface area contributed by atoms with Gasteiger partial charge in [0.2, 0.25) is 0 Å². The molecule has 1 aliphatic rings. The maximum Gasteiger partial charge on any atom is 0.339 e. The molecule has 1 unspecified atom stereocenters. The van der Waals surface area contributed by atoms with E-state index in [0.29, 0.717) is 5.56 Å². The molecule has 1 aromatic heterocycles. The number of nitrogens with zero attached hydrogens (tertiary/aromatic N) is 1. The molecule has 1 atom stereocenters. The highest BCUT2D eigenvalue weighted by Crippen LogP contribution is 2.52. The molecular weight excluding hydrogens is 326 g/mol. The Kier molecular flexibility index (Phi) is 3.81. The predicted molar refractivity (Wildman–Crippen MR) is 101 cm³/mol. The van der Waals surface area contributed by atoms with Crippen molar-refractivity contribution in [2.24, 2.45) is 0 Å². The second-order valence-corrected chi connectivity index (χ2v) is 7.14. The molecule has 0 radical (unpaired) electrons. The van der Waals surface area contributed by atoms with Crippen LogP contribution in [0.15, 0.2) is 48.5 Å². The summed E-state index contributed by atoms with van der Waals surface area (Å²) in [7, 11) is 3.09. The van der Waals surface area contributed by atoms with Crippen molar-refractivity contribution < 1.29 is 14.3 Å². The standard InChI is InChI=1S/C22H21NO3/c1-22(2)15-11-7-5-9-13(15)19-18(20(22)25-3)17(21(24)26-4)14-10-6-8-12-16(14)23-19/h5-12,20H,1-4H3. The van der Waals surface area contributed by atoms with Gasteiger partial charge in [-0.25, -0.2) is 9.78 Å². The molecule has 4 nitrogen and oxygen atoms in total. The zero-order valence-corrected chi connectivity index (χ0v) is 15.4. The molecule has 3 aromatic rings. The van der Waals surface area contributed by atoms with Gasteiger partial charge in [0.25, 0.3) is 0 Å². The first kappa shape index (κ1) is 16.7. The highest BCUT2D eigenvalue weighted by Gasteiger charge is 2.43. The Morgan fingerprint density at radius 3 is 2.46 bits per heavy atom. The van der Waals surface area contributed by atoms with Crippen LogP contribution in [0, 0.1) is 0 Å². The Labute approximate surface area is 152 Å². The van der Waals surface area contributed by atoms with E-state index < -0.39 is 0 Å². The van der Waals surface area contributed by atoms with Gasteiger partial charge in [-0.15, -0.1) is 0 Å². The molecule has 0 saturated carbocycles. The molecule has 0 spiro atoms. The van der Waals surface area contributed by atoms with Gasteiger partial charge in [-0.05, 0) is 11.6 Å². The third-order valence-electron chi connectivity index (χ3n) is 5.35. The molecule has 0 fully saturated rings. The topological polar surface area (TPSA) is 48.4 Å². The number of carbonyl (C=O) groups is 1. The smallest absolute Gasteiger partial charge is 0.339 e. The number of hydrogen-bond acceptors (Lipinski definition) is 4. The normalized spacial score (nSPS) is 17.5. The molecule has 4 heteroatoms. The lowest BCUT2D eigenvalue weighted by molar-refractivity contribution is 0.0399. The highest BCUT2D eigenvalue weighted by molar-refractivity contribution is 6.07. The van der Waals surface area contributed by atoms with Crippen LogP contribution < -0.4 is 0 Å². The number of para-hydroxylation sites is 1. The Bertz CT molecular complexity index is 1020. The largest absolute Gasteiger partial charge is 0.465 e. The Hall–Kier alpha value is -2.72. The number of rotatable bonds is 2. The van der Waals surface area contributed by atoms with Gasteiger partial charge in [0, 0.05) is 29.0 Å². The van der Waals surface area contributed by atoms with E-state index >= 15 is 0 Å². The SMILES string of the molecule is COC(=O)c1c2c(nc3ccccc13)-c1ccccc1C(C)(C)C2OC. The van der Waals surface area contributed by atoms with E-state index in [2.05, 4.69) is 26.0 Å². The summed E-state index contributed by atoms with van der Waals surface area (Å²) in [6.07, 6.45) is -0.307. The minimum absolute atomic E-state index is 0.307. The Balaban J connectivity index is 2.21. The number of hydrogen-bond donors (Lipinski definition) is 0. The third-order valence-corrected chi connectivity index (χ3v) is 5.35. The van der Waals surface area contributed by atoms with Crippen LogP contribution in [0.25, 0.3) is 22.2 Å². The monoisotopic (exact) mass is 347 g/mol. The van der Waals surface area contributed by atoms with Gasteiger partial charge >= 0.3 is 5.97 Å². The summed E-state index contributed by atoms with van der Waals surface area (Å²) in [4.78, 5) is 17.7. The van der Waals surface area contributed by atoms with Gasteiger partial charge in [0.1, 0.15) is 0 Å². The lowest BCUT2D eigenvalue weighted by Crippen LogP contribution is -2.34. The van der Waals surface area contributed by atoms with Crippen molar-refractivity contribution in [3.8, 4) is 11.3 Å². The summed E-state index contributed by atoms with van der Waals surface area (Å²) in [5.41, 5.74) is 4.81. The summed E-state index contributed by atoms with van der Waals surface area (Å²) >= 11 is 0. The summed E-state index contributed by atoms with van der Waals surface area (Å²) < 4.78 is 11.1. The van der Waals surface area contributed by atoms with Crippen molar-refractivity contribution in [3.63, 3.8) is 0 Å². The minimum atomic E-state index is -0.364. The van der Waals surface area contributed by atoms with Crippen molar-refractivity contribution in [1.29, 1.82) is 0 Å². The summed E-state index contributed by atoms with van der Waals surface area (Å²) in [6.45, 7) is 4.28. The van der Waals surface area contributed by atoms with Crippen molar-refractivity contribution in [1.82, 2.24) is 4.98 Å². The van der Waals surface area contributed by atoms with Crippen LogP contribution in [0.4, 0.5) is 0 Å². The van der Waals surface area contributed by atoms with Crippen LogP contribution in [-0.4, -0.2) is 25.2 Å². The first-order valence-electron chi connectivity index (χ1n) is 8.64. The number of esters is 1. The molecule has 2 aromatic carbocycles. The molecule has 1 aliphatic carbocycles. The highest BCUT2D eigenvalue weighted by atomic mass is 16.5. The molecule has 0 amide bonds. The number of fused-ring (bicyclic) bond motifs is 4. The fraction of sp³-hybridized carbons (Fsp3) is 0.273. The van der Waals surface area contributed by atoms with Crippen LogP contribution in [0.3, 0.4) is 0 Å². The molecule has 0 saturated heterocycles. The van der Waals surface area contributed by atoms with Crippen LogP contribution in [0.5, 0.6) is 0 Å². The molecule has 1 heterocycles. The molecule has 0 N–H and O–H groups in total. The number of benzene rings is 2. The van der Waals surface area contributed by atoms with Gasteiger partial charge in [-0.1, -0.05) is 56.3 Å². The van der Waals surface area contributed by atoms with E-state index in [1.165, 1.54) is 7.11 Å². The predicted octanol–water partition coefficient (Wildman–Crippen LogP) is 4.67. The van der Waals surface area contributed by atoms with E-state index in [1.807, 2.05) is 36.4 Å². The number of aromatic nitrogens is 1. The van der Waals surface area contributed by atoms with Gasteiger partial charge < -0.3 is 9.47 Å². The van der Waals surface area contributed by atoms with Crippen LogP contribution in [-0.2, 0) is 14.9 Å². The van der Waals surface area contributed by atoms with Gasteiger partial charge in [0.15, 0.2) is 0 Å². The van der Waals surface area contributed by atoms with E-state index in [9.17, 15) is 4.79 Å². The van der Waals surface area contributed by atoms with E-state index in [4.69, 9.17) is 14.5 Å². The minimum Gasteiger partial charge on any atom is -0.465 e. The lowest BCUT2D eigenvalue weighted by Gasteiger charge is -2.41. The van der Waals surface area contributed by atoms with Crippen molar-refractivity contribution >= 4 is 16.9 Å². The maximum absolute atomic E-state index is 12.8. The second-order valence-electron chi connectivity index (χ2n) is 7.14. The third kappa shape index (κ3) is 2.19. The first-order chi connectivity index (χ1) is 12.5. The van der Waals surface area contributed by atoms with Crippen LogP contribution >= 0.6 is 0 Å². The molecular formula is C22H21NO3. The van der Waals surface area contributed by atoms with Crippen LogP contribution in [0.1, 0.15) is 41.4 Å². The summed E-state index contributed by atoms with van der Waals surface area (Å²) in [6, 6.07) is 15.9. The Morgan fingerprint density at radius 1 is 1.04 bits per heavy atom. The fourth-order valence-corrected chi connectivity index (χ4v) is 4.18. The van der Waals surface area contributed by atoms with E-state index in [0.717, 1.165) is 33.3 Å². The first-order valence-corrected chi connectivity index (χ1v) is 8.64.